The van der Waals surface area contributed by atoms with Gasteiger partial charge in [-0.2, -0.15) is 5.10 Å². The van der Waals surface area contributed by atoms with Crippen molar-refractivity contribution < 1.29 is 8.42 Å². The van der Waals surface area contributed by atoms with Crippen molar-refractivity contribution in [1.29, 1.82) is 0 Å². The number of hydrogen-bond donors (Lipinski definition) is 2. The summed E-state index contributed by atoms with van der Waals surface area (Å²) >= 11 is 6.64. The topological polar surface area (TPSA) is 118 Å². The molecule has 0 aliphatic carbocycles. The number of aromatic nitrogens is 6. The van der Waals surface area contributed by atoms with Gasteiger partial charge >= 0.3 is 0 Å². The molecule has 9 nitrogen and oxygen atoms in total. The van der Waals surface area contributed by atoms with Crippen molar-refractivity contribution in [1.82, 2.24) is 29.9 Å². The summed E-state index contributed by atoms with van der Waals surface area (Å²) in [4.78, 5) is 4.79. The van der Waals surface area contributed by atoms with Gasteiger partial charge in [-0.15, -0.1) is 10.2 Å². The first-order valence-electron chi connectivity index (χ1n) is 9.94. The van der Waals surface area contributed by atoms with Crippen LogP contribution in [-0.4, -0.2) is 38.4 Å². The van der Waals surface area contributed by atoms with Crippen LogP contribution in [0.25, 0.3) is 28.1 Å². The van der Waals surface area contributed by atoms with Gasteiger partial charge in [0.05, 0.1) is 16.1 Å². The Morgan fingerprint density at radius 1 is 1.06 bits per heavy atom. The molecule has 0 fully saturated rings. The second-order valence-electron chi connectivity index (χ2n) is 7.03. The third-order valence-electron chi connectivity index (χ3n) is 4.90. The van der Waals surface area contributed by atoms with E-state index in [1.54, 1.807) is 16.7 Å². The van der Waals surface area contributed by atoms with Gasteiger partial charge in [0.2, 0.25) is 5.13 Å². The summed E-state index contributed by atoms with van der Waals surface area (Å²) in [7, 11) is -3.80. The maximum absolute atomic E-state index is 12.7. The zero-order valence-corrected chi connectivity index (χ0v) is 19.7. The second kappa shape index (κ2) is 8.46. The summed E-state index contributed by atoms with van der Waals surface area (Å²) in [6, 6.07) is 18.0. The van der Waals surface area contributed by atoms with Gasteiger partial charge in [0.25, 0.3) is 10.0 Å². The lowest BCUT2D eigenvalue weighted by Gasteiger charge is -2.09. The van der Waals surface area contributed by atoms with Gasteiger partial charge in [0.1, 0.15) is 10.7 Å². The lowest BCUT2D eigenvalue weighted by Crippen LogP contribution is -2.13. The molecule has 0 unspecified atom stereocenters. The number of nitrogens with zero attached hydrogens (tertiary/aromatic N) is 5. The maximum atomic E-state index is 12.7. The molecule has 2 N–H and O–H groups in total. The van der Waals surface area contributed by atoms with E-state index >= 15 is 0 Å². The van der Waals surface area contributed by atoms with Crippen molar-refractivity contribution in [3.63, 3.8) is 0 Å². The van der Waals surface area contributed by atoms with Gasteiger partial charge in [-0.05, 0) is 55.0 Å². The quantitative estimate of drug-likeness (QED) is 0.336. The highest BCUT2D eigenvalue weighted by Gasteiger charge is 2.18. The number of aryl methyl sites for hydroxylation is 1. The smallest absolute Gasteiger partial charge is 0.263 e. The largest absolute Gasteiger partial charge is 0.267 e. The fourth-order valence-electron chi connectivity index (χ4n) is 3.28. The lowest BCUT2D eigenvalue weighted by atomic mass is 10.2. The number of anilines is 1. The Kier molecular flexibility index (Phi) is 5.48. The van der Waals surface area contributed by atoms with E-state index in [0.717, 1.165) is 15.9 Å². The van der Waals surface area contributed by atoms with Crippen LogP contribution in [0.2, 0.25) is 0 Å². The minimum Gasteiger partial charge on any atom is -0.267 e. The second-order valence-corrected chi connectivity index (χ2v) is 10.2. The maximum Gasteiger partial charge on any atom is 0.263 e. The van der Waals surface area contributed by atoms with Crippen LogP contribution in [0.5, 0.6) is 0 Å². The van der Waals surface area contributed by atoms with Gasteiger partial charge in [-0.25, -0.2) is 13.4 Å². The highest BCUT2D eigenvalue weighted by molar-refractivity contribution is 7.93. The zero-order valence-electron chi connectivity index (χ0n) is 17.3. The average Bonchev–Trinajstić information content (AvgIpc) is 3.44. The number of rotatable bonds is 6. The summed E-state index contributed by atoms with van der Waals surface area (Å²) in [5, 5.41) is 17.0. The average molecular weight is 496 g/mol. The van der Waals surface area contributed by atoms with E-state index in [9.17, 15) is 8.42 Å². The molecular weight excluding hydrogens is 478 g/mol. The molecule has 0 aliphatic heterocycles. The standard InChI is InChI=1S/C21H17N7O2S3/c1-2-18-23-25-20(32-18)27-33(29,30)15-10-8-14(9-11-15)28-19(24-26-21(28)31)17-12-7-13-5-3-4-6-16(13)22-17/h3-12H,2H2,1H3,(H,25,27)(H,26,31). The van der Waals surface area contributed by atoms with Crippen molar-refractivity contribution in [3.8, 4) is 17.2 Å². The molecule has 3 heterocycles. The summed E-state index contributed by atoms with van der Waals surface area (Å²) in [6.07, 6.45) is 0.688. The Bertz CT molecular complexity index is 1620. The van der Waals surface area contributed by atoms with E-state index in [4.69, 9.17) is 17.2 Å². The van der Waals surface area contributed by atoms with E-state index in [-0.39, 0.29) is 10.0 Å². The molecule has 5 aromatic rings. The molecule has 0 aliphatic rings. The van der Waals surface area contributed by atoms with Gasteiger partial charge in [-0.3, -0.25) is 14.4 Å². The monoisotopic (exact) mass is 495 g/mol. The number of fused-ring (bicyclic) bond motifs is 1. The number of pyridine rings is 1. The van der Waals surface area contributed by atoms with Gasteiger partial charge in [0.15, 0.2) is 10.6 Å². The SMILES string of the molecule is CCc1nnc(NS(=O)(=O)c2ccc(-n3c(-c4ccc5ccccc5n4)n[nH]c3=S)cc2)s1. The van der Waals surface area contributed by atoms with Gasteiger partial charge < -0.3 is 0 Å². The fourth-order valence-corrected chi connectivity index (χ4v) is 5.43. The Morgan fingerprint density at radius 3 is 2.61 bits per heavy atom. The normalized spacial score (nSPS) is 11.7. The van der Waals surface area contributed by atoms with Crippen LogP contribution in [0.15, 0.2) is 65.6 Å². The van der Waals surface area contributed by atoms with Crippen molar-refractivity contribution in [2.24, 2.45) is 0 Å². The Morgan fingerprint density at radius 2 is 1.85 bits per heavy atom. The summed E-state index contributed by atoms with van der Waals surface area (Å²) in [6.45, 7) is 1.93. The number of para-hydroxylation sites is 1. The van der Waals surface area contributed by atoms with Crippen LogP contribution < -0.4 is 4.72 Å². The van der Waals surface area contributed by atoms with Crippen molar-refractivity contribution >= 4 is 49.6 Å². The van der Waals surface area contributed by atoms with E-state index in [2.05, 4.69) is 25.1 Å². The number of sulfonamides is 1. The fraction of sp³-hybridized carbons (Fsp3) is 0.0952. The van der Waals surface area contributed by atoms with Crippen LogP contribution >= 0.6 is 23.6 Å². The molecule has 0 radical (unpaired) electrons. The molecule has 3 aromatic heterocycles. The molecule has 0 spiro atoms. The summed E-state index contributed by atoms with van der Waals surface area (Å²) in [5.74, 6) is 0.528. The molecule has 2 aromatic carbocycles. The van der Waals surface area contributed by atoms with Crippen LogP contribution in [0, 0.1) is 4.77 Å². The number of aromatic amines is 1. The Hall–Kier alpha value is -3.48. The molecule has 0 bridgehead atoms. The van der Waals surface area contributed by atoms with Crippen molar-refractivity contribution in [2.45, 2.75) is 18.2 Å². The number of H-pyrrole nitrogens is 1. The molecule has 0 atom stereocenters. The lowest BCUT2D eigenvalue weighted by molar-refractivity contribution is 0.601. The molecule has 12 heteroatoms. The highest BCUT2D eigenvalue weighted by Crippen LogP contribution is 2.25. The third kappa shape index (κ3) is 4.15. The molecule has 33 heavy (non-hydrogen) atoms. The Balaban J connectivity index is 1.48. The van der Waals surface area contributed by atoms with Crippen LogP contribution in [0.1, 0.15) is 11.9 Å². The number of benzene rings is 2. The minimum atomic E-state index is -3.80. The molecule has 166 valence electrons. The predicted octanol–water partition coefficient (Wildman–Crippen LogP) is 4.36. The number of hydrogen-bond acceptors (Lipinski definition) is 8. The molecule has 0 saturated heterocycles. The number of nitrogens with one attached hydrogen (secondary N) is 2. The van der Waals surface area contributed by atoms with Gasteiger partial charge in [0, 0.05) is 5.39 Å². The van der Waals surface area contributed by atoms with Crippen LogP contribution in [0.4, 0.5) is 5.13 Å². The highest BCUT2D eigenvalue weighted by atomic mass is 32.2. The Labute approximate surface area is 198 Å². The van der Waals surface area contributed by atoms with Crippen LogP contribution in [-0.2, 0) is 16.4 Å². The van der Waals surface area contributed by atoms with E-state index < -0.39 is 10.0 Å². The molecule has 0 saturated carbocycles. The van der Waals surface area contributed by atoms with E-state index in [1.807, 2.05) is 43.3 Å². The molecular formula is C21H17N7O2S3. The molecule has 0 amide bonds. The van der Waals surface area contributed by atoms with Crippen molar-refractivity contribution in [3.05, 3.63) is 70.4 Å². The van der Waals surface area contributed by atoms with Crippen LogP contribution in [0.3, 0.4) is 0 Å². The van der Waals surface area contributed by atoms with Gasteiger partial charge in [-0.1, -0.05) is 42.5 Å². The summed E-state index contributed by atoms with van der Waals surface area (Å²) in [5.41, 5.74) is 2.13. The first kappa shape index (κ1) is 21.4. The minimum absolute atomic E-state index is 0.0971. The zero-order chi connectivity index (χ0) is 23.0. The predicted molar refractivity (Wildman–Crippen MR) is 130 cm³/mol. The third-order valence-corrected chi connectivity index (χ3v) is 7.64. The molecule has 5 rings (SSSR count). The summed E-state index contributed by atoms with van der Waals surface area (Å²) < 4.78 is 30.1. The first-order chi connectivity index (χ1) is 15.9. The van der Waals surface area contributed by atoms with E-state index in [0.29, 0.717) is 28.4 Å². The van der Waals surface area contributed by atoms with E-state index in [1.165, 1.54) is 23.5 Å². The first-order valence-corrected chi connectivity index (χ1v) is 12.6. The van der Waals surface area contributed by atoms with Crippen molar-refractivity contribution in [2.75, 3.05) is 4.72 Å².